The smallest absolute Gasteiger partial charge is 0.271 e. The molecule has 0 aliphatic rings. The van der Waals surface area contributed by atoms with Crippen molar-refractivity contribution < 1.29 is 9.59 Å². The van der Waals surface area contributed by atoms with Crippen LogP contribution in [0.4, 0.5) is 17.2 Å². The van der Waals surface area contributed by atoms with Gasteiger partial charge in [-0.05, 0) is 32.3 Å². The highest BCUT2D eigenvalue weighted by Gasteiger charge is 2.08. The van der Waals surface area contributed by atoms with Crippen LogP contribution in [0, 0.1) is 0 Å². The van der Waals surface area contributed by atoms with Gasteiger partial charge in [0.2, 0.25) is 5.91 Å². The quantitative estimate of drug-likeness (QED) is 0.705. The standard InChI is InChI=1S/C17H22N6O2/c1-12(24)21-13-5-4-6-14(9-13)22-16-11-19-15(10-20-16)17(25)18-7-8-23(2)3/h4-6,9-11H,7-8H2,1-3H3,(H,18,25)(H,20,22)(H,21,24). The second-order valence-corrected chi connectivity index (χ2v) is 5.73. The second-order valence-electron chi connectivity index (χ2n) is 5.73. The number of nitrogens with one attached hydrogen (secondary N) is 3. The molecule has 0 fully saturated rings. The molecule has 2 rings (SSSR count). The fourth-order valence-electron chi connectivity index (χ4n) is 2.02. The van der Waals surface area contributed by atoms with Gasteiger partial charge in [0.25, 0.3) is 5.91 Å². The van der Waals surface area contributed by atoms with E-state index in [1.165, 1.54) is 19.3 Å². The van der Waals surface area contributed by atoms with E-state index in [9.17, 15) is 9.59 Å². The number of aromatic nitrogens is 2. The van der Waals surface area contributed by atoms with Crippen LogP contribution in [0.2, 0.25) is 0 Å². The Morgan fingerprint density at radius 2 is 1.88 bits per heavy atom. The fraction of sp³-hybridized carbons (Fsp3) is 0.294. The molecule has 0 bridgehead atoms. The van der Waals surface area contributed by atoms with Crippen LogP contribution < -0.4 is 16.0 Å². The van der Waals surface area contributed by atoms with E-state index < -0.39 is 0 Å². The van der Waals surface area contributed by atoms with Gasteiger partial charge in [-0.2, -0.15) is 0 Å². The molecule has 0 radical (unpaired) electrons. The topological polar surface area (TPSA) is 99.2 Å². The van der Waals surface area contributed by atoms with Crippen molar-refractivity contribution in [3.05, 3.63) is 42.4 Å². The summed E-state index contributed by atoms with van der Waals surface area (Å²) in [6, 6.07) is 7.23. The Labute approximate surface area is 146 Å². The number of hydrogen-bond acceptors (Lipinski definition) is 6. The minimum atomic E-state index is -0.256. The van der Waals surface area contributed by atoms with Crippen molar-refractivity contribution in [3.63, 3.8) is 0 Å². The minimum absolute atomic E-state index is 0.137. The Balaban J connectivity index is 1.96. The van der Waals surface area contributed by atoms with E-state index >= 15 is 0 Å². The van der Waals surface area contributed by atoms with Crippen molar-refractivity contribution in [2.24, 2.45) is 0 Å². The number of anilines is 3. The number of nitrogens with zero attached hydrogens (tertiary/aromatic N) is 3. The Hall–Kier alpha value is -3.00. The van der Waals surface area contributed by atoms with Crippen molar-refractivity contribution in [1.29, 1.82) is 0 Å². The number of carbonyl (C=O) groups is 2. The monoisotopic (exact) mass is 342 g/mol. The third-order valence-corrected chi connectivity index (χ3v) is 3.18. The second kappa shape index (κ2) is 8.74. The largest absolute Gasteiger partial charge is 0.349 e. The first-order valence-electron chi connectivity index (χ1n) is 7.83. The fourth-order valence-corrected chi connectivity index (χ4v) is 2.02. The van der Waals surface area contributed by atoms with Crippen molar-refractivity contribution in [1.82, 2.24) is 20.2 Å². The summed E-state index contributed by atoms with van der Waals surface area (Å²) < 4.78 is 0. The molecular formula is C17H22N6O2. The summed E-state index contributed by atoms with van der Waals surface area (Å²) in [5.41, 5.74) is 1.70. The van der Waals surface area contributed by atoms with Crippen molar-refractivity contribution in [3.8, 4) is 0 Å². The van der Waals surface area contributed by atoms with Crippen LogP contribution in [0.5, 0.6) is 0 Å². The van der Waals surface area contributed by atoms with E-state index in [1.807, 2.05) is 31.1 Å². The Morgan fingerprint density at radius 3 is 2.52 bits per heavy atom. The molecule has 8 nitrogen and oxygen atoms in total. The van der Waals surface area contributed by atoms with E-state index in [2.05, 4.69) is 25.9 Å². The molecule has 25 heavy (non-hydrogen) atoms. The summed E-state index contributed by atoms with van der Waals surface area (Å²) in [4.78, 5) is 33.4. The number of likely N-dealkylation sites (N-methyl/N-ethyl adjacent to an activating group) is 1. The molecule has 8 heteroatoms. The molecule has 0 saturated carbocycles. The summed E-state index contributed by atoms with van der Waals surface area (Å²) in [5.74, 6) is 0.111. The van der Waals surface area contributed by atoms with E-state index in [0.717, 1.165) is 12.2 Å². The molecule has 1 aromatic carbocycles. The third kappa shape index (κ3) is 6.19. The van der Waals surface area contributed by atoms with Crippen LogP contribution in [0.1, 0.15) is 17.4 Å². The summed E-state index contributed by atoms with van der Waals surface area (Å²) in [7, 11) is 3.88. The van der Waals surface area contributed by atoms with Gasteiger partial charge in [0, 0.05) is 31.4 Å². The molecule has 1 aromatic heterocycles. The van der Waals surface area contributed by atoms with Gasteiger partial charge in [-0.15, -0.1) is 0 Å². The molecule has 0 spiro atoms. The van der Waals surface area contributed by atoms with E-state index in [4.69, 9.17) is 0 Å². The van der Waals surface area contributed by atoms with Crippen LogP contribution >= 0.6 is 0 Å². The first-order valence-corrected chi connectivity index (χ1v) is 7.83. The summed E-state index contributed by atoms with van der Waals surface area (Å²) in [5, 5.41) is 8.57. The molecule has 0 unspecified atom stereocenters. The lowest BCUT2D eigenvalue weighted by atomic mass is 10.2. The Bertz CT molecular complexity index is 730. The summed E-state index contributed by atoms with van der Waals surface area (Å²) in [6.45, 7) is 2.75. The molecule has 0 atom stereocenters. The lowest BCUT2D eigenvalue weighted by Crippen LogP contribution is -2.31. The summed E-state index contributed by atoms with van der Waals surface area (Å²) >= 11 is 0. The predicted octanol–water partition coefficient (Wildman–Crippen LogP) is 1.47. The highest BCUT2D eigenvalue weighted by molar-refractivity contribution is 5.92. The molecule has 0 saturated heterocycles. The first kappa shape index (κ1) is 18.3. The van der Waals surface area contributed by atoms with Gasteiger partial charge in [0.1, 0.15) is 11.5 Å². The van der Waals surface area contributed by atoms with Crippen molar-refractivity contribution in [2.75, 3.05) is 37.8 Å². The van der Waals surface area contributed by atoms with Crippen LogP contribution in [-0.2, 0) is 4.79 Å². The van der Waals surface area contributed by atoms with Gasteiger partial charge >= 0.3 is 0 Å². The lowest BCUT2D eigenvalue weighted by molar-refractivity contribution is -0.114. The molecular weight excluding hydrogens is 320 g/mol. The average molecular weight is 342 g/mol. The van der Waals surface area contributed by atoms with Crippen LogP contribution in [0.15, 0.2) is 36.7 Å². The first-order chi connectivity index (χ1) is 11.9. The Kier molecular flexibility index (Phi) is 6.41. The van der Waals surface area contributed by atoms with Crippen molar-refractivity contribution >= 4 is 29.0 Å². The van der Waals surface area contributed by atoms with Gasteiger partial charge in [-0.25, -0.2) is 9.97 Å². The van der Waals surface area contributed by atoms with E-state index in [1.54, 1.807) is 12.1 Å². The zero-order valence-electron chi connectivity index (χ0n) is 14.5. The van der Waals surface area contributed by atoms with Crippen LogP contribution in [0.3, 0.4) is 0 Å². The number of carbonyl (C=O) groups excluding carboxylic acids is 2. The van der Waals surface area contributed by atoms with E-state index in [0.29, 0.717) is 18.1 Å². The zero-order valence-corrected chi connectivity index (χ0v) is 14.5. The highest BCUT2D eigenvalue weighted by atomic mass is 16.2. The number of benzene rings is 1. The Morgan fingerprint density at radius 1 is 1.12 bits per heavy atom. The molecule has 0 aliphatic heterocycles. The van der Waals surface area contributed by atoms with Gasteiger partial charge in [-0.3, -0.25) is 9.59 Å². The predicted molar refractivity (Wildman–Crippen MR) is 96.9 cm³/mol. The molecule has 2 amide bonds. The minimum Gasteiger partial charge on any atom is -0.349 e. The van der Waals surface area contributed by atoms with Crippen LogP contribution in [0.25, 0.3) is 0 Å². The van der Waals surface area contributed by atoms with Gasteiger partial charge in [0.05, 0.1) is 12.4 Å². The van der Waals surface area contributed by atoms with Crippen LogP contribution in [-0.4, -0.2) is 53.9 Å². The number of amides is 2. The third-order valence-electron chi connectivity index (χ3n) is 3.18. The van der Waals surface area contributed by atoms with Gasteiger partial charge in [0.15, 0.2) is 0 Å². The maximum atomic E-state index is 12.0. The molecule has 3 N–H and O–H groups in total. The average Bonchev–Trinajstić information content (AvgIpc) is 2.55. The summed E-state index contributed by atoms with van der Waals surface area (Å²) in [6.07, 6.45) is 2.91. The maximum Gasteiger partial charge on any atom is 0.271 e. The zero-order chi connectivity index (χ0) is 18.2. The maximum absolute atomic E-state index is 12.0. The number of rotatable bonds is 7. The molecule has 1 heterocycles. The van der Waals surface area contributed by atoms with Gasteiger partial charge < -0.3 is 20.9 Å². The molecule has 0 aliphatic carbocycles. The van der Waals surface area contributed by atoms with Crippen molar-refractivity contribution in [2.45, 2.75) is 6.92 Å². The van der Waals surface area contributed by atoms with E-state index in [-0.39, 0.29) is 17.5 Å². The lowest BCUT2D eigenvalue weighted by Gasteiger charge is -2.10. The number of hydrogen-bond donors (Lipinski definition) is 3. The van der Waals surface area contributed by atoms with Gasteiger partial charge in [-0.1, -0.05) is 6.07 Å². The SMILES string of the molecule is CC(=O)Nc1cccc(Nc2cnc(C(=O)NCCN(C)C)cn2)c1. The molecule has 2 aromatic rings. The molecule has 132 valence electrons. The highest BCUT2D eigenvalue weighted by Crippen LogP contribution is 2.18. The normalized spacial score (nSPS) is 10.4.